The van der Waals surface area contributed by atoms with E-state index < -0.39 is 11.9 Å². The van der Waals surface area contributed by atoms with Crippen LogP contribution in [0.3, 0.4) is 0 Å². The minimum absolute atomic E-state index is 0.300. The molecule has 1 aromatic heterocycles. The Hall–Kier alpha value is -1.82. The molecule has 18 heavy (non-hydrogen) atoms. The van der Waals surface area contributed by atoms with Crippen LogP contribution in [0.15, 0.2) is 12.3 Å². The van der Waals surface area contributed by atoms with E-state index in [1.165, 1.54) is 0 Å². The van der Waals surface area contributed by atoms with Gasteiger partial charge in [0.25, 0.3) is 5.91 Å². The molecule has 2 amide bonds. The number of nitrogens with one attached hydrogen (secondary N) is 1. The smallest absolute Gasteiger partial charge is 0.268 e. The van der Waals surface area contributed by atoms with E-state index in [4.69, 9.17) is 11.5 Å². The molecule has 6 nitrogen and oxygen atoms in total. The van der Waals surface area contributed by atoms with Crippen molar-refractivity contribution in [2.24, 2.45) is 18.5 Å². The minimum atomic E-state index is -0.670. The highest BCUT2D eigenvalue weighted by Gasteiger charge is 2.19. The molecule has 6 heteroatoms. The SMILES string of the molecule is Cc1cc(C(=O)NC(CCCN)C(N)=O)n(C)c1. The zero-order valence-corrected chi connectivity index (χ0v) is 10.8. The molecule has 0 saturated carbocycles. The van der Waals surface area contributed by atoms with Crippen LogP contribution in [0.25, 0.3) is 0 Å². The average Bonchev–Trinajstić information content (AvgIpc) is 2.63. The van der Waals surface area contributed by atoms with E-state index in [1.54, 1.807) is 17.7 Å². The number of carbonyl (C=O) groups is 2. The Bertz CT molecular complexity index is 439. The molecule has 1 atom stereocenters. The fourth-order valence-electron chi connectivity index (χ4n) is 1.80. The van der Waals surface area contributed by atoms with E-state index in [2.05, 4.69) is 5.32 Å². The van der Waals surface area contributed by atoms with Crippen LogP contribution in [-0.4, -0.2) is 29.0 Å². The van der Waals surface area contributed by atoms with Crippen molar-refractivity contribution in [3.05, 3.63) is 23.5 Å². The van der Waals surface area contributed by atoms with E-state index in [9.17, 15) is 9.59 Å². The van der Waals surface area contributed by atoms with Crippen LogP contribution < -0.4 is 16.8 Å². The van der Waals surface area contributed by atoms with Crippen LogP contribution in [0.1, 0.15) is 28.9 Å². The quantitative estimate of drug-likeness (QED) is 0.645. The summed E-state index contributed by atoms with van der Waals surface area (Å²) >= 11 is 0. The lowest BCUT2D eigenvalue weighted by Gasteiger charge is -2.15. The molecule has 1 aromatic rings. The molecule has 0 spiro atoms. The summed E-state index contributed by atoms with van der Waals surface area (Å²) in [7, 11) is 1.78. The molecule has 100 valence electrons. The normalized spacial score (nSPS) is 12.2. The van der Waals surface area contributed by atoms with Crippen molar-refractivity contribution in [2.75, 3.05) is 6.54 Å². The maximum atomic E-state index is 12.0. The number of aromatic nitrogens is 1. The van der Waals surface area contributed by atoms with Gasteiger partial charge in [-0.3, -0.25) is 9.59 Å². The van der Waals surface area contributed by atoms with Crippen molar-refractivity contribution in [2.45, 2.75) is 25.8 Å². The Labute approximate surface area is 106 Å². The number of carbonyl (C=O) groups excluding carboxylic acids is 2. The van der Waals surface area contributed by atoms with E-state index in [0.29, 0.717) is 25.1 Å². The molecule has 0 aliphatic heterocycles. The Balaban J connectivity index is 2.72. The standard InChI is InChI=1S/C12H20N4O2/c1-8-6-10(16(2)7-8)12(18)15-9(11(14)17)4-3-5-13/h6-7,9H,3-5,13H2,1-2H3,(H2,14,17)(H,15,18). The second-order valence-electron chi connectivity index (χ2n) is 4.37. The highest BCUT2D eigenvalue weighted by atomic mass is 16.2. The van der Waals surface area contributed by atoms with Gasteiger partial charge >= 0.3 is 0 Å². The van der Waals surface area contributed by atoms with Gasteiger partial charge in [-0.1, -0.05) is 0 Å². The molecule has 0 bridgehead atoms. The minimum Gasteiger partial charge on any atom is -0.368 e. The van der Waals surface area contributed by atoms with Crippen LogP contribution in [-0.2, 0) is 11.8 Å². The van der Waals surface area contributed by atoms with Gasteiger partial charge in [-0.25, -0.2) is 0 Å². The zero-order chi connectivity index (χ0) is 13.7. The largest absolute Gasteiger partial charge is 0.368 e. The predicted octanol–water partition coefficient (Wildman–Crippen LogP) is -0.344. The van der Waals surface area contributed by atoms with Gasteiger partial charge in [0.15, 0.2) is 0 Å². The molecular formula is C12H20N4O2. The summed E-state index contributed by atoms with van der Waals surface area (Å²) in [6, 6.07) is 1.09. The fraction of sp³-hybridized carbons (Fsp3) is 0.500. The zero-order valence-electron chi connectivity index (χ0n) is 10.8. The van der Waals surface area contributed by atoms with Crippen molar-refractivity contribution in [1.29, 1.82) is 0 Å². The first kappa shape index (κ1) is 14.2. The molecule has 0 radical (unpaired) electrons. The van der Waals surface area contributed by atoms with E-state index in [0.717, 1.165) is 5.56 Å². The van der Waals surface area contributed by atoms with Gasteiger partial charge in [0.05, 0.1) is 0 Å². The van der Waals surface area contributed by atoms with Crippen molar-refractivity contribution in [3.8, 4) is 0 Å². The predicted molar refractivity (Wildman–Crippen MR) is 68.9 cm³/mol. The Morgan fingerprint density at radius 3 is 2.61 bits per heavy atom. The lowest BCUT2D eigenvalue weighted by molar-refractivity contribution is -0.120. The first-order valence-corrected chi connectivity index (χ1v) is 5.89. The topological polar surface area (TPSA) is 103 Å². The monoisotopic (exact) mass is 252 g/mol. The summed E-state index contributed by atoms with van der Waals surface area (Å²) in [6.45, 7) is 2.36. The number of amides is 2. The van der Waals surface area contributed by atoms with Crippen molar-refractivity contribution in [3.63, 3.8) is 0 Å². The third-order valence-corrected chi connectivity index (χ3v) is 2.72. The van der Waals surface area contributed by atoms with E-state index in [1.807, 2.05) is 13.1 Å². The average molecular weight is 252 g/mol. The maximum absolute atomic E-state index is 12.0. The number of hydrogen-bond donors (Lipinski definition) is 3. The number of primary amides is 1. The third kappa shape index (κ3) is 3.59. The summed E-state index contributed by atoms with van der Waals surface area (Å²) in [6.07, 6.45) is 2.94. The molecule has 1 unspecified atom stereocenters. The molecule has 0 fully saturated rings. The number of nitrogens with zero attached hydrogens (tertiary/aromatic N) is 1. The number of nitrogens with two attached hydrogens (primary N) is 2. The first-order chi connectivity index (χ1) is 8.45. The summed E-state index contributed by atoms with van der Waals surface area (Å²) in [5.41, 5.74) is 12.1. The first-order valence-electron chi connectivity index (χ1n) is 5.89. The lowest BCUT2D eigenvalue weighted by Crippen LogP contribution is -2.45. The van der Waals surface area contributed by atoms with E-state index in [-0.39, 0.29) is 5.91 Å². The van der Waals surface area contributed by atoms with Gasteiger partial charge in [-0.05, 0) is 37.9 Å². The molecule has 1 heterocycles. The van der Waals surface area contributed by atoms with Crippen LogP contribution >= 0.6 is 0 Å². The van der Waals surface area contributed by atoms with Gasteiger partial charge in [0.2, 0.25) is 5.91 Å². The summed E-state index contributed by atoms with van der Waals surface area (Å²) in [5.74, 6) is -0.839. The van der Waals surface area contributed by atoms with Gasteiger partial charge in [-0.15, -0.1) is 0 Å². The van der Waals surface area contributed by atoms with Gasteiger partial charge in [0.1, 0.15) is 11.7 Å². The van der Waals surface area contributed by atoms with Gasteiger partial charge < -0.3 is 21.4 Å². The van der Waals surface area contributed by atoms with Crippen LogP contribution in [0.2, 0.25) is 0 Å². The Kier molecular flexibility index (Phi) is 4.91. The maximum Gasteiger partial charge on any atom is 0.268 e. The lowest BCUT2D eigenvalue weighted by atomic mass is 10.1. The Morgan fingerprint density at radius 2 is 2.17 bits per heavy atom. The van der Waals surface area contributed by atoms with Crippen molar-refractivity contribution >= 4 is 11.8 Å². The number of aryl methyl sites for hydroxylation is 2. The molecule has 0 aliphatic rings. The molecule has 5 N–H and O–H groups in total. The number of hydrogen-bond acceptors (Lipinski definition) is 3. The van der Waals surface area contributed by atoms with Crippen molar-refractivity contribution in [1.82, 2.24) is 9.88 Å². The fourth-order valence-corrected chi connectivity index (χ4v) is 1.80. The van der Waals surface area contributed by atoms with Crippen LogP contribution in [0.4, 0.5) is 0 Å². The summed E-state index contributed by atoms with van der Waals surface area (Å²) in [4.78, 5) is 23.2. The van der Waals surface area contributed by atoms with E-state index >= 15 is 0 Å². The van der Waals surface area contributed by atoms with Gasteiger partial charge in [0, 0.05) is 13.2 Å². The Morgan fingerprint density at radius 1 is 1.50 bits per heavy atom. The second kappa shape index (κ2) is 6.20. The summed E-state index contributed by atoms with van der Waals surface area (Å²) < 4.78 is 1.71. The molecule has 0 aromatic carbocycles. The van der Waals surface area contributed by atoms with Crippen LogP contribution in [0.5, 0.6) is 0 Å². The third-order valence-electron chi connectivity index (χ3n) is 2.72. The molecule has 0 saturated heterocycles. The molecule has 0 aliphatic carbocycles. The highest BCUT2D eigenvalue weighted by molar-refractivity contribution is 5.96. The van der Waals surface area contributed by atoms with Crippen LogP contribution in [0, 0.1) is 6.92 Å². The number of rotatable bonds is 6. The highest BCUT2D eigenvalue weighted by Crippen LogP contribution is 2.06. The molecular weight excluding hydrogens is 232 g/mol. The van der Waals surface area contributed by atoms with Crippen molar-refractivity contribution < 1.29 is 9.59 Å². The van der Waals surface area contributed by atoms with Gasteiger partial charge in [-0.2, -0.15) is 0 Å². The summed E-state index contributed by atoms with van der Waals surface area (Å²) in [5, 5.41) is 2.63. The molecule has 1 rings (SSSR count). The second-order valence-corrected chi connectivity index (χ2v) is 4.37.